The van der Waals surface area contributed by atoms with E-state index in [2.05, 4.69) is 23.7 Å². The Morgan fingerprint density at radius 2 is 1.96 bits per heavy atom. The minimum absolute atomic E-state index is 0.0208. The maximum absolute atomic E-state index is 12.6. The van der Waals surface area contributed by atoms with Gasteiger partial charge in [0, 0.05) is 47.8 Å². The molecule has 0 bridgehead atoms. The number of hydrogen-bond acceptors (Lipinski definition) is 3. The number of carbonyl (C=O) groups is 2. The lowest BCUT2D eigenvalue weighted by atomic mass is 9.97. The summed E-state index contributed by atoms with van der Waals surface area (Å²) in [5, 5.41) is 12.8. The monoisotopic (exact) mass is 360 g/mol. The normalized spacial score (nSPS) is 11.7. The summed E-state index contributed by atoms with van der Waals surface area (Å²) in [5.74, 6) is -1.05. The number of aryl methyl sites for hydroxylation is 1. The van der Waals surface area contributed by atoms with Crippen LogP contribution in [-0.2, 0) is 16.1 Å². The molecule has 1 aromatic heterocycles. The highest BCUT2D eigenvalue weighted by atomic mass is 16.5. The second-order valence-corrected chi connectivity index (χ2v) is 7.32. The number of fused-ring (bicyclic) bond motifs is 1. The summed E-state index contributed by atoms with van der Waals surface area (Å²) in [6.07, 6.45) is 0.398. The van der Waals surface area contributed by atoms with Crippen molar-refractivity contribution < 1.29 is 19.4 Å². The first-order valence-corrected chi connectivity index (χ1v) is 8.79. The number of benzene rings is 1. The molecule has 0 saturated carbocycles. The number of carboxylic acid groups (broad SMARTS) is 1. The van der Waals surface area contributed by atoms with Crippen molar-refractivity contribution in [2.75, 3.05) is 13.7 Å². The first-order valence-electron chi connectivity index (χ1n) is 8.79. The summed E-state index contributed by atoms with van der Waals surface area (Å²) in [5.41, 5.74) is 3.39. The highest BCUT2D eigenvalue weighted by molar-refractivity contribution is 5.99. The number of carbonyl (C=O) groups excluding carboxylic acids is 1. The van der Waals surface area contributed by atoms with Crippen LogP contribution in [0.1, 0.15) is 48.3 Å². The van der Waals surface area contributed by atoms with Gasteiger partial charge < -0.3 is 19.7 Å². The first-order chi connectivity index (χ1) is 12.2. The summed E-state index contributed by atoms with van der Waals surface area (Å²) < 4.78 is 7.39. The van der Waals surface area contributed by atoms with Gasteiger partial charge in [-0.3, -0.25) is 9.59 Å². The van der Waals surface area contributed by atoms with Gasteiger partial charge in [0.25, 0.3) is 5.91 Å². The molecule has 0 radical (unpaired) electrons. The lowest BCUT2D eigenvalue weighted by molar-refractivity contribution is -0.137. The van der Waals surface area contributed by atoms with Gasteiger partial charge in [-0.25, -0.2) is 0 Å². The zero-order chi connectivity index (χ0) is 19.5. The Balaban J connectivity index is 2.26. The molecule has 1 aromatic carbocycles. The number of hydrogen-bond donors (Lipinski definition) is 2. The molecule has 2 rings (SSSR count). The second-order valence-electron chi connectivity index (χ2n) is 7.32. The molecule has 6 heteroatoms. The topological polar surface area (TPSA) is 80.6 Å². The predicted molar refractivity (Wildman–Crippen MR) is 102 cm³/mol. The fraction of sp³-hybridized carbons (Fsp3) is 0.500. The molecule has 0 aliphatic carbocycles. The Morgan fingerprint density at radius 3 is 2.58 bits per heavy atom. The van der Waals surface area contributed by atoms with Crippen molar-refractivity contribution in [2.45, 2.75) is 52.6 Å². The van der Waals surface area contributed by atoms with Gasteiger partial charge in [-0.1, -0.05) is 0 Å². The minimum atomic E-state index is -0.864. The van der Waals surface area contributed by atoms with Crippen molar-refractivity contribution >= 4 is 22.8 Å². The van der Waals surface area contributed by atoms with Gasteiger partial charge >= 0.3 is 5.97 Å². The molecule has 0 aliphatic heterocycles. The highest BCUT2D eigenvalue weighted by Crippen LogP contribution is 2.26. The van der Waals surface area contributed by atoms with Crippen molar-refractivity contribution in [2.24, 2.45) is 0 Å². The Kier molecular flexibility index (Phi) is 6.08. The van der Waals surface area contributed by atoms with E-state index in [0.29, 0.717) is 18.6 Å². The molecule has 26 heavy (non-hydrogen) atoms. The van der Waals surface area contributed by atoms with Gasteiger partial charge in [0.05, 0.1) is 6.61 Å². The Morgan fingerprint density at radius 1 is 1.27 bits per heavy atom. The molecule has 1 heterocycles. The quantitative estimate of drug-likeness (QED) is 0.757. The van der Waals surface area contributed by atoms with E-state index in [4.69, 9.17) is 9.84 Å². The molecule has 0 spiro atoms. The molecule has 0 saturated heterocycles. The number of carboxylic acids is 1. The maximum atomic E-state index is 12.6. The number of aromatic nitrogens is 1. The van der Waals surface area contributed by atoms with Crippen LogP contribution in [0.5, 0.6) is 0 Å². The lowest BCUT2D eigenvalue weighted by Crippen LogP contribution is -2.43. The van der Waals surface area contributed by atoms with E-state index < -0.39 is 11.5 Å². The van der Waals surface area contributed by atoms with Crippen LogP contribution in [0.3, 0.4) is 0 Å². The zero-order valence-corrected chi connectivity index (χ0v) is 16.2. The predicted octanol–water partition coefficient (Wildman–Crippen LogP) is 3.28. The summed E-state index contributed by atoms with van der Waals surface area (Å²) in [7, 11) is 1.68. The molecule has 6 nitrogen and oxygen atoms in total. The standard InChI is InChI=1S/C20H28N2O4/c1-13-14(2)22(10-11-26-5)17-7-6-15(12-16(13)17)19(25)21-20(3,4)9-8-18(23)24/h6-7,12H,8-11H2,1-5H3,(H,21,25)(H,23,24). The maximum Gasteiger partial charge on any atom is 0.303 e. The van der Waals surface area contributed by atoms with Crippen molar-refractivity contribution in [1.29, 1.82) is 0 Å². The van der Waals surface area contributed by atoms with Crippen molar-refractivity contribution in [3.8, 4) is 0 Å². The number of amides is 1. The largest absolute Gasteiger partial charge is 0.481 e. The highest BCUT2D eigenvalue weighted by Gasteiger charge is 2.23. The molecule has 1 amide bonds. The third-order valence-corrected chi connectivity index (χ3v) is 4.84. The van der Waals surface area contributed by atoms with Gasteiger partial charge in [0.2, 0.25) is 0 Å². The Labute approximate surface area is 154 Å². The van der Waals surface area contributed by atoms with Gasteiger partial charge in [-0.05, 0) is 57.9 Å². The SMILES string of the molecule is COCCn1c(C)c(C)c2cc(C(=O)NC(C)(C)CCC(=O)O)ccc21. The Hall–Kier alpha value is -2.34. The summed E-state index contributed by atoms with van der Waals surface area (Å²) >= 11 is 0. The molecular weight excluding hydrogens is 332 g/mol. The number of rotatable bonds is 8. The van der Waals surface area contributed by atoms with Gasteiger partial charge in [-0.15, -0.1) is 0 Å². The van der Waals surface area contributed by atoms with E-state index in [1.54, 1.807) is 7.11 Å². The van der Waals surface area contributed by atoms with Gasteiger partial charge in [0.15, 0.2) is 0 Å². The smallest absolute Gasteiger partial charge is 0.303 e. The van der Waals surface area contributed by atoms with Crippen LogP contribution in [0, 0.1) is 13.8 Å². The van der Waals surface area contributed by atoms with Crippen LogP contribution in [0.2, 0.25) is 0 Å². The lowest BCUT2D eigenvalue weighted by Gasteiger charge is -2.25. The Bertz CT molecular complexity index is 821. The zero-order valence-electron chi connectivity index (χ0n) is 16.2. The van der Waals surface area contributed by atoms with Crippen molar-refractivity contribution in [1.82, 2.24) is 9.88 Å². The van der Waals surface area contributed by atoms with Crippen LogP contribution < -0.4 is 5.32 Å². The molecule has 2 aromatic rings. The van der Waals surface area contributed by atoms with E-state index >= 15 is 0 Å². The molecular formula is C20H28N2O4. The van der Waals surface area contributed by atoms with Crippen LogP contribution in [0.25, 0.3) is 10.9 Å². The number of aliphatic carboxylic acids is 1. The number of ether oxygens (including phenoxy) is 1. The molecule has 0 atom stereocenters. The average Bonchev–Trinajstić information content (AvgIpc) is 2.81. The van der Waals surface area contributed by atoms with Crippen molar-refractivity contribution in [3.05, 3.63) is 35.0 Å². The number of nitrogens with one attached hydrogen (secondary N) is 1. The van der Waals surface area contributed by atoms with E-state index in [9.17, 15) is 9.59 Å². The number of methoxy groups -OCH3 is 1. The molecule has 0 fully saturated rings. The average molecular weight is 360 g/mol. The fourth-order valence-electron chi connectivity index (χ4n) is 3.12. The van der Waals surface area contributed by atoms with Crippen LogP contribution >= 0.6 is 0 Å². The third kappa shape index (κ3) is 4.43. The van der Waals surface area contributed by atoms with Crippen LogP contribution in [-0.4, -0.2) is 40.8 Å². The first kappa shape index (κ1) is 20.0. The summed E-state index contributed by atoms with van der Waals surface area (Å²) in [6, 6.07) is 5.68. The fourth-order valence-corrected chi connectivity index (χ4v) is 3.12. The second kappa shape index (κ2) is 7.91. The third-order valence-electron chi connectivity index (χ3n) is 4.84. The van der Waals surface area contributed by atoms with E-state index in [1.165, 1.54) is 0 Å². The van der Waals surface area contributed by atoms with E-state index in [-0.39, 0.29) is 12.3 Å². The van der Waals surface area contributed by atoms with E-state index in [0.717, 1.165) is 28.7 Å². The molecule has 0 aliphatic rings. The summed E-state index contributed by atoms with van der Waals surface area (Å²) in [4.78, 5) is 23.4. The minimum Gasteiger partial charge on any atom is -0.481 e. The van der Waals surface area contributed by atoms with E-state index in [1.807, 2.05) is 32.0 Å². The van der Waals surface area contributed by atoms with Gasteiger partial charge in [-0.2, -0.15) is 0 Å². The van der Waals surface area contributed by atoms with Gasteiger partial charge in [0.1, 0.15) is 0 Å². The number of nitrogens with zero attached hydrogens (tertiary/aromatic N) is 1. The molecule has 2 N–H and O–H groups in total. The molecule has 0 unspecified atom stereocenters. The van der Waals surface area contributed by atoms with Crippen LogP contribution in [0.15, 0.2) is 18.2 Å². The van der Waals surface area contributed by atoms with Crippen molar-refractivity contribution in [3.63, 3.8) is 0 Å². The summed E-state index contributed by atoms with van der Waals surface area (Å²) in [6.45, 7) is 9.19. The molecule has 142 valence electrons. The van der Waals surface area contributed by atoms with Crippen LogP contribution in [0.4, 0.5) is 0 Å².